The molecule has 23 heavy (non-hydrogen) atoms. The van der Waals surface area contributed by atoms with E-state index in [1.54, 1.807) is 11.3 Å². The lowest BCUT2D eigenvalue weighted by Gasteiger charge is -2.28. The van der Waals surface area contributed by atoms with Crippen molar-refractivity contribution in [3.05, 3.63) is 15.6 Å². The monoisotopic (exact) mass is 399 g/mol. The number of halogens is 2. The fourth-order valence-electron chi connectivity index (χ4n) is 2.50. The van der Waals surface area contributed by atoms with E-state index in [1.165, 1.54) is 4.88 Å². The Labute approximate surface area is 160 Å². The van der Waals surface area contributed by atoms with Crippen LogP contribution in [0.15, 0.2) is 0 Å². The summed E-state index contributed by atoms with van der Waals surface area (Å²) in [5, 5.41) is 4.58. The van der Waals surface area contributed by atoms with Gasteiger partial charge in [0, 0.05) is 42.4 Å². The predicted molar refractivity (Wildman–Crippen MR) is 106 cm³/mol. The first-order valence-corrected chi connectivity index (χ1v) is 9.53. The Kier molecular flexibility index (Phi) is 10.8. The molecule has 1 saturated heterocycles. The highest BCUT2D eigenvalue weighted by Crippen LogP contribution is 2.29. The molecule has 0 aromatic carbocycles. The van der Waals surface area contributed by atoms with Crippen molar-refractivity contribution in [3.63, 3.8) is 0 Å². The van der Waals surface area contributed by atoms with Crippen LogP contribution < -0.4 is 5.32 Å². The van der Waals surface area contributed by atoms with Gasteiger partial charge in [0.1, 0.15) is 0 Å². The summed E-state index contributed by atoms with van der Waals surface area (Å²) in [6, 6.07) is 0.422. The minimum absolute atomic E-state index is 0. The predicted octanol–water partition coefficient (Wildman–Crippen LogP) is 3.47. The van der Waals surface area contributed by atoms with Gasteiger partial charge in [-0.05, 0) is 20.3 Å². The van der Waals surface area contributed by atoms with Crippen LogP contribution in [0.4, 0.5) is 0 Å². The largest absolute Gasteiger partial charge is 0.338 e. The molecule has 1 aromatic heterocycles. The molecule has 1 aliphatic heterocycles. The number of nitrogens with one attached hydrogen (secondary N) is 1. The summed E-state index contributed by atoms with van der Waals surface area (Å²) in [7, 11) is 1.91. The third-order valence-electron chi connectivity index (χ3n) is 3.95. The summed E-state index contributed by atoms with van der Waals surface area (Å²) in [4.78, 5) is 20.1. The average molecular weight is 400 g/mol. The van der Waals surface area contributed by atoms with Gasteiger partial charge >= 0.3 is 0 Å². The maximum atomic E-state index is 12.5. The average Bonchev–Trinajstić information content (AvgIpc) is 2.88. The van der Waals surface area contributed by atoms with Gasteiger partial charge < -0.3 is 10.2 Å². The van der Waals surface area contributed by atoms with Crippen molar-refractivity contribution < 1.29 is 4.79 Å². The van der Waals surface area contributed by atoms with E-state index in [2.05, 4.69) is 24.1 Å². The van der Waals surface area contributed by atoms with Crippen LogP contribution in [0, 0.1) is 6.92 Å². The van der Waals surface area contributed by atoms with Crippen molar-refractivity contribution in [3.8, 4) is 0 Å². The molecule has 1 aliphatic rings. The number of thioether (sulfide) groups is 1. The second-order valence-corrected chi connectivity index (χ2v) is 7.79. The van der Waals surface area contributed by atoms with Crippen LogP contribution in [-0.2, 0) is 11.2 Å². The van der Waals surface area contributed by atoms with Gasteiger partial charge in [-0.15, -0.1) is 36.2 Å². The number of hydrogen-bond donors (Lipinski definition) is 1. The Morgan fingerprint density at radius 3 is 2.70 bits per heavy atom. The second-order valence-electron chi connectivity index (χ2n) is 5.52. The van der Waals surface area contributed by atoms with Crippen molar-refractivity contribution in [2.75, 3.05) is 25.1 Å². The maximum Gasteiger partial charge on any atom is 0.224 e. The Balaban J connectivity index is 0.00000242. The molecule has 0 radical (unpaired) electrons. The molecule has 134 valence electrons. The van der Waals surface area contributed by atoms with Crippen molar-refractivity contribution in [1.82, 2.24) is 15.2 Å². The molecule has 0 saturated carbocycles. The van der Waals surface area contributed by atoms with Gasteiger partial charge in [-0.3, -0.25) is 4.79 Å². The minimum atomic E-state index is 0. The van der Waals surface area contributed by atoms with E-state index in [-0.39, 0.29) is 36.8 Å². The van der Waals surface area contributed by atoms with Gasteiger partial charge in [0.05, 0.1) is 16.7 Å². The molecule has 8 heteroatoms. The molecule has 2 atom stereocenters. The number of carbonyl (C=O) groups excluding carboxylic acids is 1. The van der Waals surface area contributed by atoms with E-state index < -0.39 is 0 Å². The summed E-state index contributed by atoms with van der Waals surface area (Å²) in [6.07, 6.45) is 1.55. The van der Waals surface area contributed by atoms with Crippen molar-refractivity contribution in [1.29, 1.82) is 0 Å². The molecule has 2 rings (SSSR count). The lowest BCUT2D eigenvalue weighted by molar-refractivity contribution is -0.132. The molecule has 1 aromatic rings. The molecule has 0 bridgehead atoms. The molecular weight excluding hydrogens is 373 g/mol. The second kappa shape index (κ2) is 10.8. The molecule has 1 N–H and O–H groups in total. The van der Waals surface area contributed by atoms with Gasteiger partial charge in [-0.2, -0.15) is 11.8 Å². The zero-order valence-corrected chi connectivity index (χ0v) is 17.4. The highest BCUT2D eigenvalue weighted by molar-refractivity contribution is 7.99. The SMILES string of the molecule is CCc1nc(C)c(C(C)N(C)C(=O)CC2CSCCN2)s1.Cl.Cl. The molecule has 0 aliphatic carbocycles. The smallest absolute Gasteiger partial charge is 0.224 e. The third-order valence-corrected chi connectivity index (χ3v) is 6.56. The Morgan fingerprint density at radius 2 is 2.17 bits per heavy atom. The number of amides is 1. The van der Waals surface area contributed by atoms with E-state index >= 15 is 0 Å². The third kappa shape index (κ3) is 6.09. The van der Waals surface area contributed by atoms with Crippen molar-refractivity contribution in [2.45, 2.75) is 45.7 Å². The van der Waals surface area contributed by atoms with Crippen LogP contribution >= 0.6 is 47.9 Å². The van der Waals surface area contributed by atoms with Crippen molar-refractivity contribution >= 4 is 53.8 Å². The minimum Gasteiger partial charge on any atom is -0.338 e. The van der Waals surface area contributed by atoms with E-state index in [1.807, 2.05) is 30.6 Å². The van der Waals surface area contributed by atoms with Gasteiger partial charge in [-0.25, -0.2) is 4.98 Å². The number of rotatable bonds is 5. The van der Waals surface area contributed by atoms with Crippen LogP contribution in [0.1, 0.15) is 41.9 Å². The first kappa shape index (κ1) is 23.0. The van der Waals surface area contributed by atoms with Crippen LogP contribution in [0.2, 0.25) is 0 Å². The molecule has 2 unspecified atom stereocenters. The first-order chi connectivity index (χ1) is 10.0. The zero-order chi connectivity index (χ0) is 15.4. The number of nitrogens with zero attached hydrogens (tertiary/aromatic N) is 2. The van der Waals surface area contributed by atoms with Gasteiger partial charge in [0.15, 0.2) is 0 Å². The van der Waals surface area contributed by atoms with Gasteiger partial charge in [0.2, 0.25) is 5.91 Å². The Hall–Kier alpha value is -0.0100. The maximum absolute atomic E-state index is 12.5. The topological polar surface area (TPSA) is 45.2 Å². The zero-order valence-electron chi connectivity index (χ0n) is 14.1. The lowest BCUT2D eigenvalue weighted by Crippen LogP contribution is -2.42. The van der Waals surface area contributed by atoms with E-state index in [9.17, 15) is 4.79 Å². The quantitative estimate of drug-likeness (QED) is 0.822. The van der Waals surface area contributed by atoms with Crippen molar-refractivity contribution in [2.24, 2.45) is 0 Å². The number of hydrogen-bond acceptors (Lipinski definition) is 5. The summed E-state index contributed by atoms with van der Waals surface area (Å²) in [5.74, 6) is 2.40. The highest BCUT2D eigenvalue weighted by atomic mass is 35.5. The molecular formula is C15H27Cl2N3OS2. The number of aryl methyl sites for hydroxylation is 2. The number of thiazole rings is 1. The molecule has 0 spiro atoms. The lowest BCUT2D eigenvalue weighted by atomic mass is 10.1. The summed E-state index contributed by atoms with van der Waals surface area (Å²) >= 11 is 3.66. The van der Waals surface area contributed by atoms with Crippen LogP contribution in [-0.4, -0.2) is 46.9 Å². The Morgan fingerprint density at radius 1 is 1.48 bits per heavy atom. The Bertz CT molecular complexity index is 493. The van der Waals surface area contributed by atoms with Gasteiger partial charge in [-0.1, -0.05) is 6.92 Å². The molecule has 4 nitrogen and oxygen atoms in total. The molecule has 1 amide bonds. The number of aromatic nitrogens is 1. The first-order valence-electron chi connectivity index (χ1n) is 7.55. The van der Waals surface area contributed by atoms with E-state index in [0.29, 0.717) is 12.5 Å². The normalized spacial score (nSPS) is 18.5. The number of carbonyl (C=O) groups is 1. The fraction of sp³-hybridized carbons (Fsp3) is 0.733. The molecule has 1 fully saturated rings. The van der Waals surface area contributed by atoms with Crippen LogP contribution in [0.5, 0.6) is 0 Å². The highest BCUT2D eigenvalue weighted by Gasteiger charge is 2.24. The van der Waals surface area contributed by atoms with Gasteiger partial charge in [0.25, 0.3) is 0 Å². The summed E-state index contributed by atoms with van der Waals surface area (Å²) in [6.45, 7) is 7.27. The standard InChI is InChI=1S/C15H25N3OS2.2ClH/c1-5-13-17-10(2)15(21-13)11(3)18(4)14(19)8-12-9-20-7-6-16-12;;/h11-12,16H,5-9H2,1-4H3;2*1H. The van der Waals surface area contributed by atoms with E-state index in [4.69, 9.17) is 0 Å². The molecule has 2 heterocycles. The summed E-state index contributed by atoms with van der Waals surface area (Å²) in [5.41, 5.74) is 1.07. The summed E-state index contributed by atoms with van der Waals surface area (Å²) < 4.78 is 0. The van der Waals surface area contributed by atoms with E-state index in [0.717, 1.165) is 35.2 Å². The van der Waals surface area contributed by atoms with Crippen LogP contribution in [0.3, 0.4) is 0 Å². The van der Waals surface area contributed by atoms with Crippen LogP contribution in [0.25, 0.3) is 0 Å². The fourth-order valence-corrected chi connectivity index (χ4v) is 4.55.